The van der Waals surface area contributed by atoms with E-state index in [1.807, 2.05) is 22.6 Å². The minimum atomic E-state index is -0.609. The van der Waals surface area contributed by atoms with Crippen molar-refractivity contribution in [3.8, 4) is 11.5 Å². The molecule has 0 spiro atoms. The largest absolute Gasteiger partial charge is 0.490 e. The maximum absolute atomic E-state index is 13.0. The Morgan fingerprint density at radius 3 is 2.58 bits per heavy atom. The highest BCUT2D eigenvalue weighted by Crippen LogP contribution is 2.34. The average Bonchev–Trinajstić information content (AvgIpc) is 2.85. The van der Waals surface area contributed by atoms with Crippen molar-refractivity contribution in [3.05, 3.63) is 91.3 Å². The molecule has 0 saturated carbocycles. The smallest absolute Gasteiger partial charge is 0.271 e. The molecule has 0 aliphatic carbocycles. The summed E-state index contributed by atoms with van der Waals surface area (Å²) < 4.78 is 25.0. The Balaban J connectivity index is 1.66. The van der Waals surface area contributed by atoms with Crippen LogP contribution in [-0.4, -0.2) is 36.2 Å². The third kappa shape index (κ3) is 7.46. The number of ether oxygens (including phenoxy) is 2. The predicted octanol–water partition coefficient (Wildman–Crippen LogP) is 4.52. The first-order valence-corrected chi connectivity index (χ1v) is 11.6. The van der Waals surface area contributed by atoms with Gasteiger partial charge in [-0.3, -0.25) is 19.7 Å². The molecule has 10 nitrogen and oxygen atoms in total. The van der Waals surface area contributed by atoms with Crippen molar-refractivity contribution in [1.29, 1.82) is 0 Å². The summed E-state index contributed by atoms with van der Waals surface area (Å²) in [5.41, 5.74) is 3.22. The van der Waals surface area contributed by atoms with E-state index >= 15 is 0 Å². The summed E-state index contributed by atoms with van der Waals surface area (Å²) in [6.07, 6.45) is 1.38. The van der Waals surface area contributed by atoms with Crippen LogP contribution in [0.2, 0.25) is 0 Å². The van der Waals surface area contributed by atoms with E-state index in [0.29, 0.717) is 32.9 Å². The Labute approximate surface area is 218 Å². The summed E-state index contributed by atoms with van der Waals surface area (Å²) >= 11 is 2.02. The fourth-order valence-electron chi connectivity index (χ4n) is 2.92. The molecule has 0 fully saturated rings. The highest BCUT2D eigenvalue weighted by molar-refractivity contribution is 14.1. The molecule has 0 aliphatic rings. The average molecular weight is 606 g/mol. The lowest BCUT2D eigenvalue weighted by atomic mass is 10.2. The van der Waals surface area contributed by atoms with Crippen LogP contribution in [0.1, 0.15) is 22.8 Å². The van der Waals surface area contributed by atoms with E-state index in [2.05, 4.69) is 15.8 Å². The van der Waals surface area contributed by atoms with Crippen molar-refractivity contribution in [2.75, 3.05) is 18.5 Å². The second-order valence-electron chi connectivity index (χ2n) is 7.11. The van der Waals surface area contributed by atoms with Crippen LogP contribution in [0.25, 0.3) is 0 Å². The van der Waals surface area contributed by atoms with Crippen molar-refractivity contribution >= 4 is 52.0 Å². The van der Waals surface area contributed by atoms with Gasteiger partial charge >= 0.3 is 0 Å². The Morgan fingerprint density at radius 1 is 1.14 bits per heavy atom. The molecule has 186 valence electrons. The van der Waals surface area contributed by atoms with Crippen LogP contribution in [0, 0.1) is 19.5 Å². The quantitative estimate of drug-likeness (QED) is 0.151. The number of nitro groups is 1. The van der Waals surface area contributed by atoms with Gasteiger partial charge in [0.05, 0.1) is 21.3 Å². The highest BCUT2D eigenvalue weighted by atomic mass is 127. The Morgan fingerprint density at radius 2 is 1.89 bits per heavy atom. The van der Waals surface area contributed by atoms with Gasteiger partial charge in [-0.25, -0.2) is 9.82 Å². The predicted molar refractivity (Wildman–Crippen MR) is 139 cm³/mol. The van der Waals surface area contributed by atoms with Gasteiger partial charge in [0.25, 0.3) is 17.5 Å². The number of nitro benzene ring substituents is 1. The van der Waals surface area contributed by atoms with Gasteiger partial charge in [-0.1, -0.05) is 6.07 Å². The number of nitrogens with zero attached hydrogens (tertiary/aromatic N) is 2. The number of hydrogen-bond acceptors (Lipinski definition) is 7. The highest BCUT2D eigenvalue weighted by Gasteiger charge is 2.15. The molecule has 0 atom stereocenters. The third-order valence-electron chi connectivity index (χ3n) is 4.51. The number of hydrogen-bond donors (Lipinski definition) is 2. The number of carbonyl (C=O) groups is 2. The van der Waals surface area contributed by atoms with Gasteiger partial charge in [-0.05, 0) is 77.5 Å². The molecule has 0 saturated heterocycles. The Bertz CT molecular complexity index is 1300. The lowest BCUT2D eigenvalue weighted by Crippen LogP contribution is -2.20. The zero-order valence-electron chi connectivity index (χ0n) is 18.9. The van der Waals surface area contributed by atoms with Gasteiger partial charge in [0.1, 0.15) is 5.82 Å². The number of rotatable bonds is 10. The number of nitrogens with one attached hydrogen (secondary N) is 2. The van der Waals surface area contributed by atoms with Gasteiger partial charge < -0.3 is 14.8 Å². The molecular formula is C24H20FIN4O6. The number of anilines is 1. The van der Waals surface area contributed by atoms with Crippen LogP contribution in [0.15, 0.2) is 65.8 Å². The van der Waals surface area contributed by atoms with Crippen molar-refractivity contribution < 1.29 is 28.4 Å². The number of amides is 2. The standard InChI is InChI=1S/C24H20FIN4O6/c1-2-35-21-11-15(13-27-29-24(32)16-4-3-5-19(12-16)30(33)34)10-20(26)23(21)36-14-22(31)28-18-8-6-17(25)7-9-18/h3-13H,2,14H2,1H3,(H,28,31)(H,29,32)/b27-13+. The van der Waals surface area contributed by atoms with Crippen LogP contribution in [0.5, 0.6) is 11.5 Å². The summed E-state index contributed by atoms with van der Waals surface area (Å²) in [4.78, 5) is 34.8. The van der Waals surface area contributed by atoms with Gasteiger partial charge in [0.2, 0.25) is 0 Å². The second kappa shape index (κ2) is 12.6. The zero-order chi connectivity index (χ0) is 26.1. The molecule has 12 heteroatoms. The topological polar surface area (TPSA) is 132 Å². The number of benzene rings is 3. The monoisotopic (exact) mass is 606 g/mol. The fourth-order valence-corrected chi connectivity index (χ4v) is 3.71. The third-order valence-corrected chi connectivity index (χ3v) is 5.31. The Kier molecular flexibility index (Phi) is 9.27. The lowest BCUT2D eigenvalue weighted by molar-refractivity contribution is -0.384. The van der Waals surface area contributed by atoms with E-state index in [1.165, 1.54) is 48.7 Å². The van der Waals surface area contributed by atoms with Crippen LogP contribution in [-0.2, 0) is 4.79 Å². The van der Waals surface area contributed by atoms with Crippen molar-refractivity contribution in [2.24, 2.45) is 5.10 Å². The van der Waals surface area contributed by atoms with Crippen molar-refractivity contribution in [3.63, 3.8) is 0 Å². The molecule has 0 bridgehead atoms. The SMILES string of the molecule is CCOc1cc(/C=N/NC(=O)c2cccc([N+](=O)[O-])c2)cc(I)c1OCC(=O)Nc1ccc(F)cc1. The zero-order valence-corrected chi connectivity index (χ0v) is 21.0. The number of carbonyl (C=O) groups excluding carboxylic acids is 2. The number of non-ortho nitro benzene ring substituents is 1. The van der Waals surface area contributed by atoms with Gasteiger partial charge in [0, 0.05) is 23.4 Å². The lowest BCUT2D eigenvalue weighted by Gasteiger charge is -2.14. The van der Waals surface area contributed by atoms with E-state index in [0.717, 1.165) is 6.07 Å². The molecular weight excluding hydrogens is 586 g/mol. The number of hydrazone groups is 1. The molecule has 0 aliphatic heterocycles. The van der Waals surface area contributed by atoms with Crippen LogP contribution in [0.3, 0.4) is 0 Å². The van der Waals surface area contributed by atoms with Crippen LogP contribution < -0.4 is 20.2 Å². The first-order chi connectivity index (χ1) is 17.3. The molecule has 2 amide bonds. The minimum absolute atomic E-state index is 0.0913. The maximum atomic E-state index is 13.0. The van der Waals surface area contributed by atoms with Gasteiger partial charge in [0.15, 0.2) is 18.1 Å². The van der Waals surface area contributed by atoms with E-state index in [4.69, 9.17) is 9.47 Å². The van der Waals surface area contributed by atoms with E-state index in [-0.39, 0.29) is 17.9 Å². The summed E-state index contributed by atoms with van der Waals surface area (Å²) in [5, 5.41) is 17.4. The molecule has 2 N–H and O–H groups in total. The van der Waals surface area contributed by atoms with Gasteiger partial charge in [-0.15, -0.1) is 0 Å². The molecule has 3 aromatic rings. The molecule has 0 heterocycles. The summed E-state index contributed by atoms with van der Waals surface area (Å²) in [5.74, 6) is -0.738. The fraction of sp³-hybridized carbons (Fsp3) is 0.125. The number of halogens is 2. The summed E-state index contributed by atoms with van der Waals surface area (Å²) in [6, 6.07) is 14.0. The minimum Gasteiger partial charge on any atom is -0.490 e. The van der Waals surface area contributed by atoms with E-state index < -0.39 is 22.6 Å². The van der Waals surface area contributed by atoms with Crippen LogP contribution in [0.4, 0.5) is 15.8 Å². The van der Waals surface area contributed by atoms with Crippen LogP contribution >= 0.6 is 22.6 Å². The molecule has 0 unspecified atom stereocenters. The molecule has 3 aromatic carbocycles. The molecule has 3 rings (SSSR count). The Hall–Kier alpha value is -4.07. The summed E-state index contributed by atoms with van der Waals surface area (Å²) in [7, 11) is 0. The van der Waals surface area contributed by atoms with Gasteiger partial charge in [-0.2, -0.15) is 5.10 Å². The van der Waals surface area contributed by atoms with Crippen molar-refractivity contribution in [2.45, 2.75) is 6.92 Å². The van der Waals surface area contributed by atoms with E-state index in [1.54, 1.807) is 19.1 Å². The molecule has 0 radical (unpaired) electrons. The first kappa shape index (κ1) is 26.5. The summed E-state index contributed by atoms with van der Waals surface area (Å²) in [6.45, 7) is 1.82. The molecule has 0 aromatic heterocycles. The maximum Gasteiger partial charge on any atom is 0.271 e. The van der Waals surface area contributed by atoms with Crippen molar-refractivity contribution in [1.82, 2.24) is 5.43 Å². The molecule has 36 heavy (non-hydrogen) atoms. The normalized spacial score (nSPS) is 10.6. The van der Waals surface area contributed by atoms with E-state index in [9.17, 15) is 24.1 Å². The second-order valence-corrected chi connectivity index (χ2v) is 8.28. The first-order valence-electron chi connectivity index (χ1n) is 10.5.